The van der Waals surface area contributed by atoms with Gasteiger partial charge in [-0.15, -0.1) is 0 Å². The van der Waals surface area contributed by atoms with Crippen LogP contribution in [0.3, 0.4) is 0 Å². The van der Waals surface area contributed by atoms with E-state index in [1.165, 1.54) is 6.08 Å². The molecule has 0 aromatic heterocycles. The lowest BCUT2D eigenvalue weighted by Gasteiger charge is -1.96. The van der Waals surface area contributed by atoms with E-state index >= 15 is 0 Å². The van der Waals surface area contributed by atoms with Crippen LogP contribution in [0, 0.1) is 11.5 Å². The van der Waals surface area contributed by atoms with Crippen molar-refractivity contribution in [1.82, 2.24) is 5.32 Å². The van der Waals surface area contributed by atoms with E-state index in [1.54, 1.807) is 20.0 Å². The van der Waals surface area contributed by atoms with Gasteiger partial charge in [0.1, 0.15) is 0 Å². The number of allylic oxidation sites excluding steroid dienone is 1. The molecule has 0 spiro atoms. The van der Waals surface area contributed by atoms with Crippen LogP contribution in [0.25, 0.3) is 0 Å². The molecule has 0 bridgehead atoms. The predicted molar refractivity (Wildman–Crippen MR) is 39.1 cm³/mol. The zero-order chi connectivity index (χ0) is 8.69. The molecule has 1 N–H and O–H groups in total. The van der Waals surface area contributed by atoms with Gasteiger partial charge in [0.05, 0.1) is 6.61 Å². The van der Waals surface area contributed by atoms with E-state index in [9.17, 15) is 4.79 Å². The van der Waals surface area contributed by atoms with Crippen LogP contribution < -0.4 is 5.32 Å². The molecule has 0 amide bonds. The highest BCUT2D eigenvalue weighted by molar-refractivity contribution is 5.82. The third-order valence-corrected chi connectivity index (χ3v) is 0.874. The zero-order valence-corrected chi connectivity index (χ0v) is 6.55. The lowest BCUT2D eigenvalue weighted by molar-refractivity contribution is -0.137. The summed E-state index contributed by atoms with van der Waals surface area (Å²) in [5.74, 6) is -0.437. The molecule has 0 fully saturated rings. The van der Waals surface area contributed by atoms with Gasteiger partial charge in [-0.2, -0.15) is 5.26 Å². The summed E-state index contributed by atoms with van der Waals surface area (Å²) < 4.78 is 4.59. The summed E-state index contributed by atoms with van der Waals surface area (Å²) in [6.07, 6.45) is 2.92. The van der Waals surface area contributed by atoms with Crippen molar-refractivity contribution in [2.75, 3.05) is 6.61 Å². The first kappa shape index (κ1) is 9.50. The fraction of sp³-hybridized carbons (Fsp3) is 0.429. The first-order valence-corrected chi connectivity index (χ1v) is 3.20. The van der Waals surface area contributed by atoms with Gasteiger partial charge in [-0.3, -0.25) is 5.32 Å². The number of carbonyl (C=O) groups excluding carboxylic acids is 1. The Morgan fingerprint density at radius 3 is 2.91 bits per heavy atom. The predicted octanol–water partition coefficient (Wildman–Crippen LogP) is 0.524. The second-order valence-corrected chi connectivity index (χ2v) is 1.82. The molecule has 0 rings (SSSR count). The molecule has 0 atom stereocenters. The van der Waals surface area contributed by atoms with Crippen LogP contribution in [0.5, 0.6) is 0 Å². The maximum atomic E-state index is 10.7. The first-order valence-electron chi connectivity index (χ1n) is 3.20. The number of hydrogen-bond donors (Lipinski definition) is 1. The minimum Gasteiger partial charge on any atom is -0.463 e. The van der Waals surface area contributed by atoms with Crippen LogP contribution in [0.4, 0.5) is 0 Å². The lowest BCUT2D eigenvalue weighted by Crippen LogP contribution is -2.06. The lowest BCUT2D eigenvalue weighted by atomic mass is 10.4. The molecule has 0 unspecified atom stereocenters. The number of rotatable bonds is 3. The number of nitrogens with zero attached hydrogens (tertiary/aromatic N) is 1. The molecule has 11 heavy (non-hydrogen) atoms. The molecule has 0 aliphatic rings. The van der Waals surface area contributed by atoms with E-state index in [4.69, 9.17) is 5.26 Å². The van der Waals surface area contributed by atoms with Crippen molar-refractivity contribution in [3.63, 3.8) is 0 Å². The van der Waals surface area contributed by atoms with E-state index < -0.39 is 5.97 Å². The van der Waals surface area contributed by atoms with Crippen molar-refractivity contribution >= 4 is 5.97 Å². The van der Waals surface area contributed by atoms with Crippen molar-refractivity contribution < 1.29 is 9.53 Å². The average molecular weight is 154 g/mol. The summed E-state index contributed by atoms with van der Waals surface area (Å²) in [6, 6.07) is 0. The molecule has 0 aromatic rings. The highest BCUT2D eigenvalue weighted by Gasteiger charge is 1.95. The Morgan fingerprint density at radius 1 is 1.82 bits per heavy atom. The monoisotopic (exact) mass is 154 g/mol. The fourth-order valence-corrected chi connectivity index (χ4v) is 0.485. The fourth-order valence-electron chi connectivity index (χ4n) is 0.485. The van der Waals surface area contributed by atoms with Gasteiger partial charge in [-0.25, -0.2) is 4.79 Å². The molecule has 4 heteroatoms. The summed E-state index contributed by atoms with van der Waals surface area (Å²) in [5, 5.41) is 10.4. The normalized spacial score (nSPS) is 10.1. The number of carbonyl (C=O) groups is 1. The van der Waals surface area contributed by atoms with Gasteiger partial charge in [0.2, 0.25) is 0 Å². The Bertz CT molecular complexity index is 203. The van der Waals surface area contributed by atoms with E-state index in [1.807, 2.05) is 0 Å². The average Bonchev–Trinajstić information content (AvgIpc) is 1.87. The Morgan fingerprint density at radius 2 is 2.45 bits per heavy atom. The zero-order valence-electron chi connectivity index (χ0n) is 6.55. The van der Waals surface area contributed by atoms with Crippen molar-refractivity contribution in [1.29, 1.82) is 5.26 Å². The standard InChI is InChI=1S/C7H10N2O2/c1-3-11-7(10)4-6(2)9-5-8/h4,9H,3H2,1-2H3/b6-4+. The van der Waals surface area contributed by atoms with Crippen molar-refractivity contribution in [3.8, 4) is 6.19 Å². The summed E-state index contributed by atoms with van der Waals surface area (Å²) >= 11 is 0. The summed E-state index contributed by atoms with van der Waals surface area (Å²) in [4.78, 5) is 10.7. The Kier molecular flexibility index (Phi) is 4.58. The van der Waals surface area contributed by atoms with Crippen molar-refractivity contribution in [2.45, 2.75) is 13.8 Å². The molecular formula is C7H10N2O2. The van der Waals surface area contributed by atoms with E-state index in [-0.39, 0.29) is 0 Å². The summed E-state index contributed by atoms with van der Waals surface area (Å²) in [7, 11) is 0. The molecule has 4 nitrogen and oxygen atoms in total. The maximum absolute atomic E-state index is 10.7. The van der Waals surface area contributed by atoms with Crippen LogP contribution in [0.15, 0.2) is 11.8 Å². The SMILES string of the molecule is CCOC(=O)/C=C(\C)NC#N. The Balaban J connectivity index is 3.88. The van der Waals surface area contributed by atoms with Crippen molar-refractivity contribution in [3.05, 3.63) is 11.8 Å². The minimum atomic E-state index is -0.437. The molecule has 0 heterocycles. The number of hydrogen-bond acceptors (Lipinski definition) is 4. The number of esters is 1. The second kappa shape index (κ2) is 5.30. The summed E-state index contributed by atoms with van der Waals surface area (Å²) in [6.45, 7) is 3.67. The van der Waals surface area contributed by atoms with Gasteiger partial charge in [-0.05, 0) is 13.8 Å². The number of ether oxygens (including phenoxy) is 1. The topological polar surface area (TPSA) is 62.1 Å². The Labute approximate surface area is 65.5 Å². The molecule has 0 saturated carbocycles. The third-order valence-electron chi connectivity index (χ3n) is 0.874. The van der Waals surface area contributed by atoms with Gasteiger partial charge in [0, 0.05) is 11.8 Å². The van der Waals surface area contributed by atoms with E-state index in [0.29, 0.717) is 12.3 Å². The van der Waals surface area contributed by atoms with E-state index in [2.05, 4.69) is 10.1 Å². The molecule has 0 saturated heterocycles. The molecule has 0 aliphatic carbocycles. The van der Waals surface area contributed by atoms with Crippen LogP contribution in [0.1, 0.15) is 13.8 Å². The molecule has 0 aromatic carbocycles. The van der Waals surface area contributed by atoms with Crippen LogP contribution >= 0.6 is 0 Å². The third kappa shape index (κ3) is 4.97. The largest absolute Gasteiger partial charge is 0.463 e. The highest BCUT2D eigenvalue weighted by atomic mass is 16.5. The highest BCUT2D eigenvalue weighted by Crippen LogP contribution is 1.87. The second-order valence-electron chi connectivity index (χ2n) is 1.82. The van der Waals surface area contributed by atoms with Gasteiger partial charge in [0.25, 0.3) is 0 Å². The molecule has 0 radical (unpaired) electrons. The minimum absolute atomic E-state index is 0.342. The summed E-state index contributed by atoms with van der Waals surface area (Å²) in [5.41, 5.74) is 0.478. The van der Waals surface area contributed by atoms with Crippen molar-refractivity contribution in [2.24, 2.45) is 0 Å². The maximum Gasteiger partial charge on any atom is 0.332 e. The van der Waals surface area contributed by atoms with Gasteiger partial charge in [0.15, 0.2) is 6.19 Å². The van der Waals surface area contributed by atoms with E-state index in [0.717, 1.165) is 0 Å². The molecular weight excluding hydrogens is 144 g/mol. The van der Waals surface area contributed by atoms with Crippen LogP contribution in [-0.2, 0) is 9.53 Å². The van der Waals surface area contributed by atoms with Crippen LogP contribution in [0.2, 0.25) is 0 Å². The van der Waals surface area contributed by atoms with Gasteiger partial charge < -0.3 is 4.74 Å². The smallest absolute Gasteiger partial charge is 0.332 e. The molecule has 0 aliphatic heterocycles. The number of nitriles is 1. The Hall–Kier alpha value is -1.50. The van der Waals surface area contributed by atoms with Gasteiger partial charge >= 0.3 is 5.97 Å². The first-order chi connectivity index (χ1) is 5.20. The van der Waals surface area contributed by atoms with Gasteiger partial charge in [-0.1, -0.05) is 0 Å². The molecule has 60 valence electrons. The number of nitrogens with one attached hydrogen (secondary N) is 1. The quantitative estimate of drug-likeness (QED) is 0.278. The van der Waals surface area contributed by atoms with Crippen LogP contribution in [-0.4, -0.2) is 12.6 Å².